The molecule has 0 spiro atoms. The zero-order valence-electron chi connectivity index (χ0n) is 16.2. The van der Waals surface area contributed by atoms with Gasteiger partial charge in [-0.05, 0) is 53.4 Å². The number of hydrogen-bond donors (Lipinski definition) is 1. The molecule has 1 aliphatic rings. The highest BCUT2D eigenvalue weighted by molar-refractivity contribution is 7.98. The first-order valence-corrected chi connectivity index (χ1v) is 11.9. The lowest BCUT2D eigenvalue weighted by molar-refractivity contribution is -0.132. The van der Waals surface area contributed by atoms with Gasteiger partial charge in [0.1, 0.15) is 0 Å². The Labute approximate surface area is 178 Å². The molecule has 3 nitrogen and oxygen atoms in total. The number of carbonyl (C=O) groups excluding carboxylic acids is 1. The van der Waals surface area contributed by atoms with Crippen LogP contribution in [-0.4, -0.2) is 28.6 Å². The van der Waals surface area contributed by atoms with Crippen LogP contribution in [0.25, 0.3) is 10.9 Å². The first-order chi connectivity index (χ1) is 14.2. The van der Waals surface area contributed by atoms with Gasteiger partial charge < -0.3 is 9.88 Å². The third-order valence-electron chi connectivity index (χ3n) is 5.69. The fourth-order valence-electron chi connectivity index (χ4n) is 4.31. The van der Waals surface area contributed by atoms with E-state index in [4.69, 9.17) is 0 Å². The fourth-order valence-corrected chi connectivity index (χ4v) is 5.41. The number of fused-ring (bicyclic) bond motifs is 3. The Morgan fingerprint density at radius 3 is 2.72 bits per heavy atom. The van der Waals surface area contributed by atoms with Crippen molar-refractivity contribution in [3.8, 4) is 0 Å². The number of carbonyl (C=O) groups is 1. The molecule has 1 aliphatic heterocycles. The van der Waals surface area contributed by atoms with Crippen LogP contribution in [0.15, 0.2) is 70.9 Å². The Morgan fingerprint density at radius 2 is 1.97 bits per heavy atom. The number of rotatable bonds is 4. The molecule has 0 saturated heterocycles. The lowest BCUT2D eigenvalue weighted by atomic mass is 9.92. The summed E-state index contributed by atoms with van der Waals surface area (Å²) >= 11 is 3.39. The molecule has 3 heterocycles. The molecule has 0 radical (unpaired) electrons. The molecule has 0 saturated carbocycles. The van der Waals surface area contributed by atoms with Crippen molar-refractivity contribution in [1.82, 2.24) is 9.88 Å². The SMILES string of the molecule is CSc1ccc(C2c3[nH]c4ccccc4c3CCN2C(=O)Cc2cccs2)cc1. The van der Waals surface area contributed by atoms with E-state index in [0.717, 1.165) is 34.6 Å². The van der Waals surface area contributed by atoms with E-state index in [2.05, 4.69) is 64.7 Å². The predicted octanol–water partition coefficient (Wildman–Crippen LogP) is 5.67. The summed E-state index contributed by atoms with van der Waals surface area (Å²) in [7, 11) is 0. The van der Waals surface area contributed by atoms with Gasteiger partial charge in [-0.3, -0.25) is 4.79 Å². The summed E-state index contributed by atoms with van der Waals surface area (Å²) in [5.41, 5.74) is 4.82. The molecule has 0 fully saturated rings. The number of nitrogens with zero attached hydrogens (tertiary/aromatic N) is 1. The largest absolute Gasteiger partial charge is 0.356 e. The number of para-hydroxylation sites is 1. The molecule has 4 aromatic rings. The molecule has 1 atom stereocenters. The third-order valence-corrected chi connectivity index (χ3v) is 7.31. The lowest BCUT2D eigenvalue weighted by Gasteiger charge is -2.36. The fraction of sp³-hybridized carbons (Fsp3) is 0.208. The Hall–Kier alpha value is -2.50. The van der Waals surface area contributed by atoms with Crippen molar-refractivity contribution in [2.75, 3.05) is 12.8 Å². The topological polar surface area (TPSA) is 36.1 Å². The molecule has 0 bridgehead atoms. The van der Waals surface area contributed by atoms with Crippen molar-refractivity contribution in [2.45, 2.75) is 23.8 Å². The van der Waals surface area contributed by atoms with Gasteiger partial charge in [-0.1, -0.05) is 36.4 Å². The summed E-state index contributed by atoms with van der Waals surface area (Å²) in [6.07, 6.45) is 3.43. The van der Waals surface area contributed by atoms with Gasteiger partial charge in [0.05, 0.1) is 12.5 Å². The molecule has 146 valence electrons. The van der Waals surface area contributed by atoms with Gasteiger partial charge in [0.15, 0.2) is 0 Å². The van der Waals surface area contributed by atoms with Gasteiger partial charge >= 0.3 is 0 Å². The van der Waals surface area contributed by atoms with Crippen LogP contribution in [0.5, 0.6) is 0 Å². The number of aromatic amines is 1. The van der Waals surface area contributed by atoms with Crippen LogP contribution < -0.4 is 0 Å². The number of thioether (sulfide) groups is 1. The minimum Gasteiger partial charge on any atom is -0.356 e. The van der Waals surface area contributed by atoms with Crippen LogP contribution in [0.3, 0.4) is 0 Å². The zero-order chi connectivity index (χ0) is 19.8. The molecular formula is C24H22N2OS2. The number of H-pyrrole nitrogens is 1. The first-order valence-electron chi connectivity index (χ1n) is 9.80. The second-order valence-corrected chi connectivity index (χ2v) is 9.24. The molecule has 29 heavy (non-hydrogen) atoms. The van der Waals surface area contributed by atoms with Gasteiger partial charge in [0, 0.05) is 32.9 Å². The van der Waals surface area contributed by atoms with Crippen molar-refractivity contribution in [2.24, 2.45) is 0 Å². The van der Waals surface area contributed by atoms with E-state index in [-0.39, 0.29) is 11.9 Å². The van der Waals surface area contributed by atoms with Gasteiger partial charge in [-0.2, -0.15) is 0 Å². The van der Waals surface area contributed by atoms with Crippen LogP contribution >= 0.6 is 23.1 Å². The number of nitrogens with one attached hydrogen (secondary N) is 1. The summed E-state index contributed by atoms with van der Waals surface area (Å²) in [6.45, 7) is 0.744. The summed E-state index contributed by atoms with van der Waals surface area (Å²) < 4.78 is 0. The van der Waals surface area contributed by atoms with Crippen LogP contribution in [0.2, 0.25) is 0 Å². The van der Waals surface area contributed by atoms with Crippen molar-refractivity contribution in [1.29, 1.82) is 0 Å². The van der Waals surface area contributed by atoms with Gasteiger partial charge in [0.2, 0.25) is 5.91 Å². The quantitative estimate of drug-likeness (QED) is 0.434. The Morgan fingerprint density at radius 1 is 1.14 bits per heavy atom. The summed E-state index contributed by atoms with van der Waals surface area (Å²) in [5, 5.41) is 3.31. The van der Waals surface area contributed by atoms with E-state index in [0.29, 0.717) is 6.42 Å². The van der Waals surface area contributed by atoms with E-state index >= 15 is 0 Å². The maximum Gasteiger partial charge on any atom is 0.228 e. The Balaban J connectivity index is 1.59. The lowest BCUT2D eigenvalue weighted by Crippen LogP contribution is -2.41. The molecule has 1 N–H and O–H groups in total. The molecular weight excluding hydrogens is 396 g/mol. The van der Waals surface area contributed by atoms with Crippen LogP contribution in [0, 0.1) is 0 Å². The molecule has 5 heteroatoms. The number of benzene rings is 2. The second kappa shape index (κ2) is 7.73. The van der Waals surface area contributed by atoms with Crippen molar-refractivity contribution < 1.29 is 4.79 Å². The van der Waals surface area contributed by atoms with Crippen LogP contribution in [0.4, 0.5) is 0 Å². The minimum atomic E-state index is -0.0745. The second-order valence-electron chi connectivity index (χ2n) is 7.33. The Kier molecular flexibility index (Phi) is 4.94. The molecule has 2 aromatic carbocycles. The highest BCUT2D eigenvalue weighted by Gasteiger charge is 2.34. The van der Waals surface area contributed by atoms with E-state index in [1.807, 2.05) is 17.5 Å². The predicted molar refractivity (Wildman–Crippen MR) is 122 cm³/mol. The molecule has 1 amide bonds. The molecule has 1 unspecified atom stereocenters. The summed E-state index contributed by atoms with van der Waals surface area (Å²) in [6, 6.07) is 21.1. The summed E-state index contributed by atoms with van der Waals surface area (Å²) in [4.78, 5) is 21.4. The standard InChI is InChI=1S/C24H22N2OS2/c1-28-17-10-8-16(9-11-17)24-23-20(19-6-2-3-7-21(19)25-23)12-13-26(24)22(27)15-18-5-4-14-29-18/h2-11,14,24-25H,12-13,15H2,1H3. The maximum absolute atomic E-state index is 13.3. The normalized spacial score (nSPS) is 16.2. The maximum atomic E-state index is 13.3. The molecule has 0 aliphatic carbocycles. The number of hydrogen-bond acceptors (Lipinski definition) is 3. The summed E-state index contributed by atoms with van der Waals surface area (Å²) in [5.74, 6) is 0.190. The van der Waals surface area contributed by atoms with Crippen molar-refractivity contribution in [3.05, 3.63) is 87.7 Å². The number of amides is 1. The van der Waals surface area contributed by atoms with E-state index in [1.165, 1.54) is 15.8 Å². The third kappa shape index (κ3) is 3.38. The van der Waals surface area contributed by atoms with Crippen LogP contribution in [-0.2, 0) is 17.6 Å². The zero-order valence-corrected chi connectivity index (χ0v) is 17.9. The van der Waals surface area contributed by atoms with E-state index < -0.39 is 0 Å². The highest BCUT2D eigenvalue weighted by Crippen LogP contribution is 2.39. The Bertz CT molecular complexity index is 1150. The number of thiophene rings is 1. The molecule has 5 rings (SSSR count). The van der Waals surface area contributed by atoms with Crippen molar-refractivity contribution in [3.63, 3.8) is 0 Å². The van der Waals surface area contributed by atoms with Crippen molar-refractivity contribution >= 4 is 39.9 Å². The van der Waals surface area contributed by atoms with Gasteiger partial charge in [-0.15, -0.1) is 23.1 Å². The average molecular weight is 419 g/mol. The average Bonchev–Trinajstić information content (AvgIpc) is 3.40. The first kappa shape index (κ1) is 18.5. The van der Waals surface area contributed by atoms with Gasteiger partial charge in [0.25, 0.3) is 0 Å². The monoisotopic (exact) mass is 418 g/mol. The number of aromatic nitrogens is 1. The molecule has 2 aromatic heterocycles. The van der Waals surface area contributed by atoms with Gasteiger partial charge in [-0.25, -0.2) is 0 Å². The minimum absolute atomic E-state index is 0.0745. The van der Waals surface area contributed by atoms with E-state index in [1.54, 1.807) is 23.1 Å². The van der Waals surface area contributed by atoms with Crippen LogP contribution in [0.1, 0.15) is 27.7 Å². The van der Waals surface area contributed by atoms with E-state index in [9.17, 15) is 4.79 Å². The smallest absolute Gasteiger partial charge is 0.228 e. The highest BCUT2D eigenvalue weighted by atomic mass is 32.2.